The van der Waals surface area contributed by atoms with Gasteiger partial charge in [-0.1, -0.05) is 22.0 Å². The summed E-state index contributed by atoms with van der Waals surface area (Å²) in [6.45, 7) is 3.31. The van der Waals surface area contributed by atoms with Gasteiger partial charge in [-0.2, -0.15) is 0 Å². The molecule has 0 bridgehead atoms. The molecule has 4 rings (SSSR count). The first-order valence-electron chi connectivity index (χ1n) is 9.10. The molecular formula is C21H23BrFNO. The first-order valence-corrected chi connectivity index (χ1v) is 9.89. The third-order valence-corrected chi connectivity index (χ3v) is 5.93. The fourth-order valence-electron chi connectivity index (χ4n) is 4.09. The number of ether oxygens (including phenoxy) is 1. The Balaban J connectivity index is 1.29. The summed E-state index contributed by atoms with van der Waals surface area (Å²) in [7, 11) is 0. The van der Waals surface area contributed by atoms with Gasteiger partial charge < -0.3 is 9.64 Å². The lowest BCUT2D eigenvalue weighted by Gasteiger charge is -2.33. The van der Waals surface area contributed by atoms with E-state index < -0.39 is 0 Å². The molecule has 0 saturated carbocycles. The molecule has 1 fully saturated rings. The molecule has 1 saturated heterocycles. The molecule has 1 aliphatic carbocycles. The summed E-state index contributed by atoms with van der Waals surface area (Å²) in [6, 6.07) is 13.1. The van der Waals surface area contributed by atoms with Gasteiger partial charge >= 0.3 is 0 Å². The number of piperidine rings is 1. The first-order chi connectivity index (χ1) is 12.2. The van der Waals surface area contributed by atoms with Crippen LogP contribution in [0.4, 0.5) is 4.39 Å². The number of hydrogen-bond acceptors (Lipinski definition) is 2. The number of hydrogen-bond donors (Lipinski definition) is 0. The lowest BCUT2D eigenvalue weighted by atomic mass is 9.99. The van der Waals surface area contributed by atoms with Gasteiger partial charge in [0, 0.05) is 24.1 Å². The van der Waals surface area contributed by atoms with Gasteiger partial charge in [-0.25, -0.2) is 4.39 Å². The van der Waals surface area contributed by atoms with E-state index in [4.69, 9.17) is 4.74 Å². The van der Waals surface area contributed by atoms with Crippen molar-refractivity contribution >= 4 is 15.9 Å². The Morgan fingerprint density at radius 2 is 1.80 bits per heavy atom. The molecule has 4 heteroatoms. The van der Waals surface area contributed by atoms with Gasteiger partial charge in [0.15, 0.2) is 0 Å². The predicted octanol–water partition coefficient (Wildman–Crippen LogP) is 5.16. The maximum absolute atomic E-state index is 13.0. The van der Waals surface area contributed by atoms with E-state index in [-0.39, 0.29) is 11.9 Å². The zero-order valence-corrected chi connectivity index (χ0v) is 15.8. The van der Waals surface area contributed by atoms with E-state index in [2.05, 4.69) is 39.0 Å². The van der Waals surface area contributed by atoms with Crippen molar-refractivity contribution in [2.45, 2.75) is 37.7 Å². The van der Waals surface area contributed by atoms with Gasteiger partial charge in [0.25, 0.3) is 0 Å². The summed E-state index contributed by atoms with van der Waals surface area (Å²) in [4.78, 5) is 2.58. The van der Waals surface area contributed by atoms with Gasteiger partial charge in [0.1, 0.15) is 17.7 Å². The van der Waals surface area contributed by atoms with Gasteiger partial charge in [-0.3, -0.25) is 0 Å². The van der Waals surface area contributed by atoms with Crippen molar-refractivity contribution in [3.05, 3.63) is 63.9 Å². The van der Waals surface area contributed by atoms with E-state index in [0.29, 0.717) is 5.92 Å². The zero-order chi connectivity index (χ0) is 17.2. The highest BCUT2D eigenvalue weighted by Crippen LogP contribution is 2.35. The summed E-state index contributed by atoms with van der Waals surface area (Å²) in [6.07, 6.45) is 4.78. The molecule has 2 aromatic rings. The molecule has 0 spiro atoms. The third kappa shape index (κ3) is 4.06. The lowest BCUT2D eigenvalue weighted by Crippen LogP contribution is -2.40. The van der Waals surface area contributed by atoms with Crippen molar-refractivity contribution in [3.8, 4) is 5.75 Å². The van der Waals surface area contributed by atoms with Crippen LogP contribution in [0, 0.1) is 5.82 Å². The fourth-order valence-corrected chi connectivity index (χ4v) is 4.50. The van der Waals surface area contributed by atoms with Crippen LogP contribution in [0.25, 0.3) is 0 Å². The Morgan fingerprint density at radius 1 is 1.04 bits per heavy atom. The average Bonchev–Trinajstić information content (AvgIpc) is 3.00. The van der Waals surface area contributed by atoms with E-state index in [1.807, 2.05) is 0 Å². The highest BCUT2D eigenvalue weighted by molar-refractivity contribution is 9.10. The van der Waals surface area contributed by atoms with Gasteiger partial charge in [0.05, 0.1) is 0 Å². The maximum atomic E-state index is 13.0. The van der Waals surface area contributed by atoms with Crippen molar-refractivity contribution in [1.29, 1.82) is 0 Å². The molecule has 2 aliphatic rings. The monoisotopic (exact) mass is 403 g/mol. The Morgan fingerprint density at radius 3 is 2.56 bits per heavy atom. The minimum atomic E-state index is -0.217. The molecule has 0 N–H and O–H groups in total. The largest absolute Gasteiger partial charge is 0.490 e. The second-order valence-electron chi connectivity index (χ2n) is 7.15. The van der Waals surface area contributed by atoms with Gasteiger partial charge in [-0.15, -0.1) is 0 Å². The first kappa shape index (κ1) is 17.0. The number of benzene rings is 2. The van der Waals surface area contributed by atoms with Crippen LogP contribution in [0.3, 0.4) is 0 Å². The number of halogens is 2. The molecule has 1 heterocycles. The van der Waals surface area contributed by atoms with Crippen LogP contribution >= 0.6 is 15.9 Å². The van der Waals surface area contributed by atoms with E-state index >= 15 is 0 Å². The molecular weight excluding hydrogens is 381 g/mol. The van der Waals surface area contributed by atoms with Crippen molar-refractivity contribution < 1.29 is 9.13 Å². The summed E-state index contributed by atoms with van der Waals surface area (Å²) < 4.78 is 20.2. The van der Waals surface area contributed by atoms with Crippen molar-refractivity contribution in [2.75, 3.05) is 19.6 Å². The molecule has 132 valence electrons. The minimum Gasteiger partial charge on any atom is -0.490 e. The summed E-state index contributed by atoms with van der Waals surface area (Å²) in [5.74, 6) is 1.22. The van der Waals surface area contributed by atoms with Crippen LogP contribution in [-0.2, 0) is 6.42 Å². The van der Waals surface area contributed by atoms with Crippen LogP contribution in [-0.4, -0.2) is 30.6 Å². The normalized spacial score (nSPS) is 21.3. The van der Waals surface area contributed by atoms with Gasteiger partial charge in [-0.05, 0) is 79.1 Å². The smallest absolute Gasteiger partial charge is 0.123 e. The second kappa shape index (κ2) is 7.46. The molecule has 0 aromatic heterocycles. The quantitative estimate of drug-likeness (QED) is 0.698. The molecule has 2 nitrogen and oxygen atoms in total. The van der Waals surface area contributed by atoms with E-state index in [0.717, 1.165) is 38.2 Å². The Hall–Kier alpha value is -1.39. The number of likely N-dealkylation sites (tertiary alicyclic amines) is 1. The molecule has 1 atom stereocenters. The Kier molecular flexibility index (Phi) is 5.09. The second-order valence-corrected chi connectivity index (χ2v) is 8.07. The van der Waals surface area contributed by atoms with Gasteiger partial charge in [0.2, 0.25) is 0 Å². The van der Waals surface area contributed by atoms with E-state index in [9.17, 15) is 4.39 Å². The van der Waals surface area contributed by atoms with E-state index in [1.54, 1.807) is 12.1 Å². The van der Waals surface area contributed by atoms with Crippen molar-refractivity contribution in [2.24, 2.45) is 0 Å². The SMILES string of the molecule is Fc1ccc(OC2CCN(CC3CCc4cc(Br)ccc43)CC2)cc1. The highest BCUT2D eigenvalue weighted by atomic mass is 79.9. The molecule has 2 aromatic carbocycles. The molecule has 1 unspecified atom stereocenters. The summed E-state index contributed by atoms with van der Waals surface area (Å²) >= 11 is 3.58. The molecule has 25 heavy (non-hydrogen) atoms. The number of aryl methyl sites for hydroxylation is 1. The summed E-state index contributed by atoms with van der Waals surface area (Å²) in [5, 5.41) is 0. The van der Waals surface area contributed by atoms with Crippen LogP contribution in [0.2, 0.25) is 0 Å². The summed E-state index contributed by atoms with van der Waals surface area (Å²) in [5.41, 5.74) is 3.04. The molecule has 0 amide bonds. The Bertz CT molecular complexity index is 725. The minimum absolute atomic E-state index is 0.217. The maximum Gasteiger partial charge on any atom is 0.123 e. The van der Waals surface area contributed by atoms with Crippen LogP contribution in [0.1, 0.15) is 36.3 Å². The standard InChI is InChI=1S/C21H23BrFNO/c22-17-3-8-21-15(13-17)1-2-16(21)14-24-11-9-20(10-12-24)25-19-6-4-18(23)5-7-19/h3-8,13,16,20H,1-2,9-12,14H2. The van der Waals surface area contributed by atoms with Crippen LogP contribution < -0.4 is 4.74 Å². The van der Waals surface area contributed by atoms with Crippen LogP contribution in [0.15, 0.2) is 46.9 Å². The molecule has 0 radical (unpaired) electrons. The van der Waals surface area contributed by atoms with Crippen LogP contribution in [0.5, 0.6) is 5.75 Å². The predicted molar refractivity (Wildman–Crippen MR) is 102 cm³/mol. The fraction of sp³-hybridized carbons (Fsp3) is 0.429. The topological polar surface area (TPSA) is 12.5 Å². The molecule has 1 aliphatic heterocycles. The number of fused-ring (bicyclic) bond motifs is 1. The third-order valence-electron chi connectivity index (χ3n) is 5.44. The highest BCUT2D eigenvalue weighted by Gasteiger charge is 2.27. The van der Waals surface area contributed by atoms with Crippen molar-refractivity contribution in [1.82, 2.24) is 4.90 Å². The zero-order valence-electron chi connectivity index (χ0n) is 14.3. The number of rotatable bonds is 4. The number of nitrogens with zero attached hydrogens (tertiary/aromatic N) is 1. The van der Waals surface area contributed by atoms with E-state index in [1.165, 1.54) is 40.6 Å². The lowest BCUT2D eigenvalue weighted by molar-refractivity contribution is 0.0969. The Labute approximate surface area is 157 Å². The van der Waals surface area contributed by atoms with Crippen molar-refractivity contribution in [3.63, 3.8) is 0 Å². The average molecular weight is 404 g/mol.